The molecule has 0 unspecified atom stereocenters. The van der Waals surface area contributed by atoms with Gasteiger partial charge in [0.25, 0.3) is 5.91 Å². The summed E-state index contributed by atoms with van der Waals surface area (Å²) in [4.78, 5) is 13.4. The first kappa shape index (κ1) is 22.1. The monoisotopic (exact) mass is 456 g/mol. The zero-order chi connectivity index (χ0) is 20.9. The van der Waals surface area contributed by atoms with Crippen molar-refractivity contribution >= 4 is 39.3 Å². The molecule has 2 aromatic carbocycles. The second-order valence-corrected chi connectivity index (χ2v) is 10.2. The number of thioether (sulfide) groups is 1. The zero-order valence-corrected chi connectivity index (χ0v) is 18.1. The highest BCUT2D eigenvalue weighted by Crippen LogP contribution is 2.28. The molecule has 3 rings (SSSR count). The molecule has 29 heavy (non-hydrogen) atoms. The third-order valence-corrected chi connectivity index (χ3v) is 8.04. The second kappa shape index (κ2) is 9.93. The minimum atomic E-state index is -3.70. The first-order valence-corrected chi connectivity index (χ1v) is 12.1. The molecule has 1 heterocycles. The standard InChI is InChI=1S/C20H22ClFN2O3S2/c21-18-9-4-15(14-19(18)29(26,27)24-11-1-2-12-24)20(25)23-10-3-13-28-17-7-5-16(22)6-8-17/h4-9,14H,1-3,10-13H2,(H,23,25). The highest BCUT2D eigenvalue weighted by molar-refractivity contribution is 7.99. The van der Waals surface area contributed by atoms with E-state index in [2.05, 4.69) is 5.32 Å². The lowest BCUT2D eigenvalue weighted by Gasteiger charge is -2.17. The van der Waals surface area contributed by atoms with Crippen molar-refractivity contribution in [3.8, 4) is 0 Å². The minimum absolute atomic E-state index is 0.0272. The first-order chi connectivity index (χ1) is 13.9. The van der Waals surface area contributed by atoms with Crippen molar-refractivity contribution in [1.29, 1.82) is 0 Å². The van der Waals surface area contributed by atoms with E-state index in [0.29, 0.717) is 19.6 Å². The Bertz CT molecular complexity index is 962. The molecule has 0 bridgehead atoms. The van der Waals surface area contributed by atoms with Crippen LogP contribution in [0.1, 0.15) is 29.6 Å². The Hall–Kier alpha value is -1.61. The number of nitrogens with zero attached hydrogens (tertiary/aromatic N) is 1. The van der Waals surface area contributed by atoms with Crippen LogP contribution in [0.2, 0.25) is 5.02 Å². The van der Waals surface area contributed by atoms with Gasteiger partial charge in [-0.3, -0.25) is 4.79 Å². The molecule has 0 aromatic heterocycles. The summed E-state index contributed by atoms with van der Waals surface area (Å²) in [5.74, 6) is 0.156. The summed E-state index contributed by atoms with van der Waals surface area (Å²) in [7, 11) is -3.70. The molecular weight excluding hydrogens is 435 g/mol. The molecule has 0 atom stereocenters. The van der Waals surface area contributed by atoms with Crippen molar-refractivity contribution in [3.63, 3.8) is 0 Å². The van der Waals surface area contributed by atoms with Gasteiger partial charge in [-0.25, -0.2) is 12.8 Å². The molecule has 0 radical (unpaired) electrons. The Balaban J connectivity index is 1.55. The summed E-state index contributed by atoms with van der Waals surface area (Å²) in [5.41, 5.74) is 0.262. The van der Waals surface area contributed by atoms with E-state index in [-0.39, 0.29) is 27.2 Å². The van der Waals surface area contributed by atoms with Crippen molar-refractivity contribution < 1.29 is 17.6 Å². The molecule has 1 fully saturated rings. The van der Waals surface area contributed by atoms with Gasteiger partial charge in [-0.05, 0) is 67.5 Å². The molecule has 1 amide bonds. The Labute approximate surface area is 179 Å². The molecule has 9 heteroatoms. The summed E-state index contributed by atoms with van der Waals surface area (Å²) in [6.45, 7) is 1.39. The number of hydrogen-bond donors (Lipinski definition) is 1. The molecule has 156 valence electrons. The Morgan fingerprint density at radius 3 is 2.52 bits per heavy atom. The van der Waals surface area contributed by atoms with Crippen LogP contribution in [0.5, 0.6) is 0 Å². The lowest BCUT2D eigenvalue weighted by Crippen LogP contribution is -2.29. The summed E-state index contributed by atoms with van der Waals surface area (Å²) in [6.07, 6.45) is 2.38. The van der Waals surface area contributed by atoms with E-state index < -0.39 is 10.0 Å². The number of hydrogen-bond acceptors (Lipinski definition) is 4. The summed E-state index contributed by atoms with van der Waals surface area (Å²) in [5, 5.41) is 2.91. The molecule has 0 spiro atoms. The quantitative estimate of drug-likeness (QED) is 0.478. The van der Waals surface area contributed by atoms with Crippen molar-refractivity contribution in [2.45, 2.75) is 29.1 Å². The average Bonchev–Trinajstić information content (AvgIpc) is 3.25. The van der Waals surface area contributed by atoms with Gasteiger partial charge < -0.3 is 5.32 Å². The van der Waals surface area contributed by atoms with Crippen LogP contribution in [0.15, 0.2) is 52.3 Å². The van der Waals surface area contributed by atoms with Gasteiger partial charge in [0.15, 0.2) is 0 Å². The number of rotatable bonds is 8. The molecule has 0 aliphatic carbocycles. The van der Waals surface area contributed by atoms with Gasteiger partial charge in [0.1, 0.15) is 10.7 Å². The maximum absolute atomic E-state index is 12.9. The molecule has 0 saturated carbocycles. The van der Waals surface area contributed by atoms with Crippen LogP contribution >= 0.6 is 23.4 Å². The van der Waals surface area contributed by atoms with Crippen molar-refractivity contribution in [1.82, 2.24) is 9.62 Å². The van der Waals surface area contributed by atoms with Gasteiger partial charge in [-0.15, -0.1) is 11.8 Å². The smallest absolute Gasteiger partial charge is 0.251 e. The summed E-state index contributed by atoms with van der Waals surface area (Å²) >= 11 is 7.69. The highest BCUT2D eigenvalue weighted by Gasteiger charge is 2.29. The lowest BCUT2D eigenvalue weighted by atomic mass is 10.2. The number of carbonyl (C=O) groups excluding carboxylic acids is 1. The van der Waals surface area contributed by atoms with Crippen molar-refractivity contribution in [2.75, 3.05) is 25.4 Å². The van der Waals surface area contributed by atoms with Gasteiger partial charge in [-0.1, -0.05) is 11.6 Å². The molecule has 1 aliphatic heterocycles. The number of sulfonamides is 1. The zero-order valence-electron chi connectivity index (χ0n) is 15.7. The predicted molar refractivity (Wildman–Crippen MR) is 114 cm³/mol. The van der Waals surface area contributed by atoms with Gasteiger partial charge in [0.05, 0.1) is 5.02 Å². The van der Waals surface area contributed by atoms with E-state index in [1.54, 1.807) is 23.9 Å². The maximum atomic E-state index is 12.9. The molecule has 5 nitrogen and oxygen atoms in total. The number of nitrogens with one attached hydrogen (secondary N) is 1. The Kier molecular flexibility index (Phi) is 7.56. The van der Waals surface area contributed by atoms with Crippen molar-refractivity contribution in [2.24, 2.45) is 0 Å². The topological polar surface area (TPSA) is 66.5 Å². The maximum Gasteiger partial charge on any atom is 0.251 e. The lowest BCUT2D eigenvalue weighted by molar-refractivity contribution is 0.0953. The number of carbonyl (C=O) groups is 1. The van der Waals surface area contributed by atoms with Gasteiger partial charge in [0.2, 0.25) is 10.0 Å². The van der Waals surface area contributed by atoms with Crippen LogP contribution in [0.25, 0.3) is 0 Å². The van der Waals surface area contributed by atoms with Crippen LogP contribution in [-0.4, -0.2) is 44.0 Å². The van der Waals surface area contributed by atoms with E-state index in [0.717, 1.165) is 29.9 Å². The SMILES string of the molecule is O=C(NCCCSc1ccc(F)cc1)c1ccc(Cl)c(S(=O)(=O)N2CCCC2)c1. The number of amides is 1. The van der Waals surface area contributed by atoms with Crippen LogP contribution in [0, 0.1) is 5.82 Å². The molecule has 1 saturated heterocycles. The van der Waals surface area contributed by atoms with Gasteiger partial charge in [0, 0.05) is 30.1 Å². The van der Waals surface area contributed by atoms with Gasteiger partial charge >= 0.3 is 0 Å². The largest absolute Gasteiger partial charge is 0.352 e. The fourth-order valence-electron chi connectivity index (χ4n) is 3.01. The van der Waals surface area contributed by atoms with Gasteiger partial charge in [-0.2, -0.15) is 4.31 Å². The predicted octanol–water partition coefficient (Wildman–Crippen LogP) is 4.18. The fourth-order valence-corrected chi connectivity index (χ4v) is 5.88. The van der Waals surface area contributed by atoms with Crippen LogP contribution in [0.3, 0.4) is 0 Å². The van der Waals surface area contributed by atoms with E-state index in [1.807, 2.05) is 0 Å². The van der Waals surface area contributed by atoms with E-state index in [1.165, 1.54) is 34.6 Å². The number of halogens is 2. The average molecular weight is 457 g/mol. The minimum Gasteiger partial charge on any atom is -0.352 e. The first-order valence-electron chi connectivity index (χ1n) is 9.34. The van der Waals surface area contributed by atoms with Crippen LogP contribution < -0.4 is 5.32 Å². The second-order valence-electron chi connectivity index (χ2n) is 6.67. The Morgan fingerprint density at radius 2 is 1.83 bits per heavy atom. The third-order valence-electron chi connectivity index (χ3n) is 4.57. The molecular formula is C20H22ClFN2O3S2. The van der Waals surface area contributed by atoms with E-state index >= 15 is 0 Å². The van der Waals surface area contributed by atoms with Crippen LogP contribution in [-0.2, 0) is 10.0 Å². The molecule has 2 aromatic rings. The van der Waals surface area contributed by atoms with Crippen molar-refractivity contribution in [3.05, 3.63) is 58.9 Å². The summed E-state index contributed by atoms with van der Waals surface area (Å²) < 4.78 is 39.8. The van der Waals surface area contributed by atoms with E-state index in [4.69, 9.17) is 11.6 Å². The molecule has 1 N–H and O–H groups in total. The normalized spacial score (nSPS) is 14.8. The number of benzene rings is 2. The Morgan fingerprint density at radius 1 is 1.14 bits per heavy atom. The highest BCUT2D eigenvalue weighted by atomic mass is 35.5. The van der Waals surface area contributed by atoms with E-state index in [9.17, 15) is 17.6 Å². The third kappa shape index (κ3) is 5.72. The summed E-state index contributed by atoms with van der Waals surface area (Å²) in [6, 6.07) is 10.6. The molecule has 1 aliphatic rings. The van der Waals surface area contributed by atoms with Crippen LogP contribution in [0.4, 0.5) is 4.39 Å². The fraction of sp³-hybridized carbons (Fsp3) is 0.350.